The fraction of sp³-hybridized carbons (Fsp3) is 0.412. The van der Waals surface area contributed by atoms with Crippen molar-refractivity contribution in [1.29, 1.82) is 0 Å². The highest BCUT2D eigenvalue weighted by molar-refractivity contribution is 7.92. The normalized spacial score (nSPS) is 14.2. The van der Waals surface area contributed by atoms with Gasteiger partial charge in [-0.3, -0.25) is 13.9 Å². The maximum atomic E-state index is 14.4. The second kappa shape index (κ2) is 15.6. The van der Waals surface area contributed by atoms with Crippen LogP contribution in [-0.2, 0) is 26.2 Å². The van der Waals surface area contributed by atoms with Gasteiger partial charge in [0.15, 0.2) is 11.5 Å². The molecule has 0 bridgehead atoms. The molecule has 46 heavy (non-hydrogen) atoms. The van der Waals surface area contributed by atoms with E-state index in [1.54, 1.807) is 13.0 Å². The van der Waals surface area contributed by atoms with Crippen LogP contribution in [0.25, 0.3) is 0 Å². The van der Waals surface area contributed by atoms with E-state index in [1.807, 2.05) is 31.2 Å². The molecule has 0 radical (unpaired) electrons. The Morgan fingerprint density at radius 2 is 1.59 bits per heavy atom. The Balaban J connectivity index is 1.77. The number of nitrogens with one attached hydrogen (secondary N) is 1. The molecular formula is C34H42ClN3O7S. The van der Waals surface area contributed by atoms with Crippen molar-refractivity contribution in [3.8, 4) is 17.2 Å². The number of methoxy groups -OCH3 is 3. The molecule has 4 rings (SSSR count). The minimum atomic E-state index is -4.43. The number of aryl methyl sites for hydroxylation is 1. The monoisotopic (exact) mass is 671 g/mol. The zero-order valence-electron chi connectivity index (χ0n) is 26.9. The first kappa shape index (κ1) is 34.9. The predicted molar refractivity (Wildman–Crippen MR) is 178 cm³/mol. The molecule has 0 aliphatic heterocycles. The van der Waals surface area contributed by atoms with Gasteiger partial charge in [0.05, 0.1) is 31.9 Å². The molecule has 1 atom stereocenters. The summed E-state index contributed by atoms with van der Waals surface area (Å²) in [7, 11) is -0.179. The lowest BCUT2D eigenvalue weighted by Crippen LogP contribution is -2.53. The first-order valence-corrected chi connectivity index (χ1v) is 17.0. The summed E-state index contributed by atoms with van der Waals surface area (Å²) >= 11 is 6.35. The van der Waals surface area contributed by atoms with Crippen LogP contribution < -0.4 is 23.8 Å². The summed E-state index contributed by atoms with van der Waals surface area (Å²) in [6.45, 7) is 3.06. The molecule has 10 nitrogen and oxygen atoms in total. The number of sulfonamides is 1. The van der Waals surface area contributed by atoms with Crippen molar-refractivity contribution >= 4 is 39.1 Å². The van der Waals surface area contributed by atoms with Gasteiger partial charge >= 0.3 is 0 Å². The summed E-state index contributed by atoms with van der Waals surface area (Å²) < 4.78 is 45.9. The SMILES string of the molecule is COc1ccc(S(=O)(=O)N(CC(=O)N(Cc2cccc(C)c2)C(C)C(=O)NC2CCCCC2)c2cc(Cl)ccc2OC)cc1OC. The number of hydrogen-bond acceptors (Lipinski definition) is 7. The number of nitrogens with zero attached hydrogens (tertiary/aromatic N) is 2. The third-order valence-corrected chi connectivity index (χ3v) is 10.2. The smallest absolute Gasteiger partial charge is 0.265 e. The highest BCUT2D eigenvalue weighted by Crippen LogP contribution is 2.37. The van der Waals surface area contributed by atoms with Crippen molar-refractivity contribution in [3.63, 3.8) is 0 Å². The molecule has 1 unspecified atom stereocenters. The number of halogens is 1. The third kappa shape index (κ3) is 8.24. The number of ether oxygens (including phenoxy) is 3. The van der Waals surface area contributed by atoms with Gasteiger partial charge in [-0.15, -0.1) is 0 Å². The van der Waals surface area contributed by atoms with E-state index in [4.69, 9.17) is 25.8 Å². The number of carbonyl (C=O) groups is 2. The summed E-state index contributed by atoms with van der Waals surface area (Å²) in [6.07, 6.45) is 4.98. The highest BCUT2D eigenvalue weighted by Gasteiger charge is 2.35. The Kier molecular flexibility index (Phi) is 11.8. The van der Waals surface area contributed by atoms with Gasteiger partial charge < -0.3 is 24.4 Å². The molecule has 0 heterocycles. The van der Waals surface area contributed by atoms with Crippen molar-refractivity contribution in [2.75, 3.05) is 32.2 Å². The van der Waals surface area contributed by atoms with E-state index >= 15 is 0 Å². The van der Waals surface area contributed by atoms with Gasteiger partial charge in [0.25, 0.3) is 10.0 Å². The fourth-order valence-corrected chi connectivity index (χ4v) is 7.23. The van der Waals surface area contributed by atoms with Crippen molar-refractivity contribution in [3.05, 3.63) is 76.8 Å². The van der Waals surface area contributed by atoms with Gasteiger partial charge in [0.1, 0.15) is 18.3 Å². The molecule has 1 aliphatic carbocycles. The van der Waals surface area contributed by atoms with Gasteiger partial charge in [0, 0.05) is 23.7 Å². The van der Waals surface area contributed by atoms with E-state index in [0.717, 1.165) is 47.5 Å². The summed E-state index contributed by atoms with van der Waals surface area (Å²) in [4.78, 5) is 29.2. The van der Waals surface area contributed by atoms with Crippen LogP contribution in [0.1, 0.15) is 50.2 Å². The molecule has 1 aliphatic rings. The predicted octanol–water partition coefficient (Wildman–Crippen LogP) is 5.74. The summed E-state index contributed by atoms with van der Waals surface area (Å²) in [5, 5.41) is 3.36. The minimum absolute atomic E-state index is 0.0391. The van der Waals surface area contributed by atoms with E-state index in [0.29, 0.717) is 5.75 Å². The van der Waals surface area contributed by atoms with Crippen LogP contribution in [0.15, 0.2) is 65.6 Å². The van der Waals surface area contributed by atoms with Crippen LogP contribution in [0.2, 0.25) is 5.02 Å². The maximum absolute atomic E-state index is 14.4. The van der Waals surface area contributed by atoms with Gasteiger partial charge in [-0.1, -0.05) is 60.7 Å². The molecule has 0 aromatic heterocycles. The van der Waals surface area contributed by atoms with Gasteiger partial charge in [0.2, 0.25) is 11.8 Å². The van der Waals surface area contributed by atoms with Gasteiger partial charge in [-0.05, 0) is 62.6 Å². The number of carbonyl (C=O) groups excluding carboxylic acids is 2. The quantitative estimate of drug-likeness (QED) is 0.247. The number of amides is 2. The Labute approximate surface area is 276 Å². The lowest BCUT2D eigenvalue weighted by atomic mass is 9.95. The first-order chi connectivity index (χ1) is 22.0. The van der Waals surface area contributed by atoms with Crippen molar-refractivity contribution in [2.24, 2.45) is 0 Å². The standard InChI is InChI=1S/C34H42ClN3O7S/c1-23-10-9-11-25(18-23)21-37(24(2)34(40)36-27-12-7-6-8-13-27)33(39)22-38(29-19-26(35)14-16-30(29)43-3)46(41,42)28-15-17-31(44-4)32(20-28)45-5/h9-11,14-20,24,27H,6-8,12-13,21-22H2,1-5H3,(H,36,40). The number of benzene rings is 3. The van der Waals surface area contributed by atoms with Crippen molar-refractivity contribution in [2.45, 2.75) is 69.5 Å². The Morgan fingerprint density at radius 1 is 0.913 bits per heavy atom. The van der Waals surface area contributed by atoms with E-state index < -0.39 is 28.5 Å². The van der Waals surface area contributed by atoms with Crippen molar-refractivity contribution in [1.82, 2.24) is 10.2 Å². The third-order valence-electron chi connectivity index (χ3n) is 8.19. The van der Waals surface area contributed by atoms with Crippen LogP contribution in [0, 0.1) is 6.92 Å². The lowest BCUT2D eigenvalue weighted by molar-refractivity contribution is -0.139. The van der Waals surface area contributed by atoms with Crippen LogP contribution in [-0.4, -0.2) is 65.1 Å². The number of hydrogen-bond donors (Lipinski definition) is 1. The summed E-state index contributed by atoms with van der Waals surface area (Å²) in [6, 6.07) is 15.5. The molecule has 0 saturated heterocycles. The summed E-state index contributed by atoms with van der Waals surface area (Å²) in [5.41, 5.74) is 1.86. The molecule has 3 aromatic rings. The van der Waals surface area contributed by atoms with E-state index in [1.165, 1.54) is 56.6 Å². The van der Waals surface area contributed by atoms with E-state index in [2.05, 4.69) is 5.32 Å². The topological polar surface area (TPSA) is 114 Å². The largest absolute Gasteiger partial charge is 0.495 e. The van der Waals surface area contributed by atoms with Gasteiger partial charge in [-0.25, -0.2) is 8.42 Å². The van der Waals surface area contributed by atoms with E-state index in [-0.39, 0.29) is 45.6 Å². The average molecular weight is 672 g/mol. The zero-order valence-corrected chi connectivity index (χ0v) is 28.5. The number of rotatable bonds is 13. The van der Waals surface area contributed by atoms with Crippen LogP contribution in [0.3, 0.4) is 0 Å². The molecule has 12 heteroatoms. The molecule has 2 amide bonds. The Bertz CT molecular complexity index is 1640. The second-order valence-electron chi connectivity index (χ2n) is 11.4. The summed E-state index contributed by atoms with van der Waals surface area (Å²) in [5.74, 6) is -0.149. The van der Waals surface area contributed by atoms with E-state index in [9.17, 15) is 18.0 Å². The van der Waals surface area contributed by atoms with Gasteiger partial charge in [-0.2, -0.15) is 0 Å². The average Bonchev–Trinajstić information content (AvgIpc) is 3.05. The molecule has 1 saturated carbocycles. The molecule has 0 spiro atoms. The fourth-order valence-electron chi connectivity index (χ4n) is 5.63. The highest BCUT2D eigenvalue weighted by atomic mass is 35.5. The number of anilines is 1. The maximum Gasteiger partial charge on any atom is 0.265 e. The molecule has 1 N–H and O–H groups in total. The minimum Gasteiger partial charge on any atom is -0.495 e. The first-order valence-electron chi connectivity index (χ1n) is 15.2. The van der Waals surface area contributed by atoms with Crippen molar-refractivity contribution < 1.29 is 32.2 Å². The Morgan fingerprint density at radius 3 is 2.24 bits per heavy atom. The van der Waals surface area contributed by atoms with Crippen LogP contribution >= 0.6 is 11.6 Å². The molecule has 248 valence electrons. The Hall–Kier alpha value is -3.96. The zero-order chi connectivity index (χ0) is 33.4. The second-order valence-corrected chi connectivity index (χ2v) is 13.7. The van der Waals surface area contributed by atoms with Crippen LogP contribution in [0.5, 0.6) is 17.2 Å². The molecule has 3 aromatic carbocycles. The van der Waals surface area contributed by atoms with Crippen LogP contribution in [0.4, 0.5) is 5.69 Å². The lowest BCUT2D eigenvalue weighted by Gasteiger charge is -2.33. The molecular weight excluding hydrogens is 630 g/mol. The molecule has 1 fully saturated rings.